The summed E-state index contributed by atoms with van der Waals surface area (Å²) in [6.07, 6.45) is 7.62. The summed E-state index contributed by atoms with van der Waals surface area (Å²) >= 11 is 0. The van der Waals surface area contributed by atoms with Crippen molar-refractivity contribution in [3.05, 3.63) is 88.9 Å². The molecular weight excluding hydrogens is 392 g/mol. The average Bonchev–Trinajstić information content (AvgIpc) is 2.82. The molecule has 3 aromatic rings. The number of aromatic nitrogens is 3. The van der Waals surface area contributed by atoms with E-state index in [2.05, 4.69) is 62.7 Å². The SMILES string of the molecule is C=C1C(C#N)=CC2c3nc(-c4ccncc4)nc(-c4ccc(C)c(C)c4)c3CCC2C1C. The largest absolute Gasteiger partial charge is 0.265 e. The molecule has 2 aliphatic carbocycles. The molecule has 5 rings (SSSR count). The van der Waals surface area contributed by atoms with E-state index in [9.17, 15) is 5.26 Å². The van der Waals surface area contributed by atoms with Crippen molar-refractivity contribution in [3.63, 3.8) is 0 Å². The van der Waals surface area contributed by atoms with E-state index in [1.165, 1.54) is 16.7 Å². The zero-order valence-electron chi connectivity index (χ0n) is 18.8. The molecule has 2 aliphatic rings. The predicted octanol–water partition coefficient (Wildman–Crippen LogP) is 6.12. The summed E-state index contributed by atoms with van der Waals surface area (Å²) in [6, 6.07) is 12.8. The second-order valence-electron chi connectivity index (χ2n) is 9.03. The molecule has 3 unspecified atom stereocenters. The van der Waals surface area contributed by atoms with Crippen molar-refractivity contribution >= 4 is 0 Å². The normalized spacial score (nSPS) is 21.9. The summed E-state index contributed by atoms with van der Waals surface area (Å²) in [6.45, 7) is 10.7. The number of rotatable bonds is 2. The number of aryl methyl sites for hydroxylation is 2. The van der Waals surface area contributed by atoms with Crippen LogP contribution in [0, 0.1) is 37.0 Å². The fourth-order valence-corrected chi connectivity index (χ4v) is 5.14. The van der Waals surface area contributed by atoms with Crippen molar-refractivity contribution in [1.29, 1.82) is 5.26 Å². The fraction of sp³-hybridized carbons (Fsp3) is 0.286. The first-order valence-corrected chi connectivity index (χ1v) is 11.2. The van der Waals surface area contributed by atoms with E-state index in [1.54, 1.807) is 12.4 Å². The van der Waals surface area contributed by atoms with Crippen molar-refractivity contribution in [3.8, 4) is 28.7 Å². The van der Waals surface area contributed by atoms with Gasteiger partial charge in [-0.3, -0.25) is 4.98 Å². The van der Waals surface area contributed by atoms with Crippen LogP contribution < -0.4 is 0 Å². The molecule has 0 aliphatic heterocycles. The second-order valence-corrected chi connectivity index (χ2v) is 9.03. The predicted molar refractivity (Wildman–Crippen MR) is 127 cm³/mol. The van der Waals surface area contributed by atoms with Gasteiger partial charge in [-0.1, -0.05) is 31.7 Å². The lowest BCUT2D eigenvalue weighted by Gasteiger charge is -2.39. The monoisotopic (exact) mass is 418 g/mol. The minimum atomic E-state index is 0.0998. The minimum absolute atomic E-state index is 0.0998. The molecule has 0 saturated carbocycles. The molecule has 3 atom stereocenters. The van der Waals surface area contributed by atoms with Crippen LogP contribution in [0.15, 0.2) is 66.5 Å². The summed E-state index contributed by atoms with van der Waals surface area (Å²) in [7, 11) is 0. The summed E-state index contributed by atoms with van der Waals surface area (Å²) in [5.41, 5.74) is 9.52. The van der Waals surface area contributed by atoms with Crippen LogP contribution in [0.1, 0.15) is 41.6 Å². The van der Waals surface area contributed by atoms with Crippen molar-refractivity contribution in [1.82, 2.24) is 15.0 Å². The Morgan fingerprint density at radius 3 is 2.53 bits per heavy atom. The van der Waals surface area contributed by atoms with Crippen LogP contribution in [-0.2, 0) is 6.42 Å². The Hall–Kier alpha value is -3.58. The standard InChI is InChI=1S/C28H26N4/c1-16-5-6-21(13-17(16)2)26-24-8-7-23-19(4)18(3)22(15-29)14-25(23)27(24)32-28(31-26)20-9-11-30-12-10-20/h5-6,9-14,19,23,25H,3,7-8H2,1-2,4H3. The average molecular weight is 419 g/mol. The summed E-state index contributed by atoms with van der Waals surface area (Å²) in [4.78, 5) is 14.3. The first-order chi connectivity index (χ1) is 15.5. The zero-order valence-corrected chi connectivity index (χ0v) is 18.8. The summed E-state index contributed by atoms with van der Waals surface area (Å²) in [5, 5.41) is 9.72. The number of fused-ring (bicyclic) bond motifs is 3. The van der Waals surface area contributed by atoms with E-state index < -0.39 is 0 Å². The van der Waals surface area contributed by atoms with Gasteiger partial charge in [0.15, 0.2) is 5.82 Å². The Bertz CT molecular complexity index is 1300. The first-order valence-electron chi connectivity index (χ1n) is 11.2. The molecule has 0 radical (unpaired) electrons. The van der Waals surface area contributed by atoms with Crippen LogP contribution in [0.25, 0.3) is 22.6 Å². The first kappa shape index (κ1) is 20.3. The van der Waals surface area contributed by atoms with Gasteiger partial charge in [-0.15, -0.1) is 0 Å². The van der Waals surface area contributed by atoms with Crippen molar-refractivity contribution in [2.24, 2.45) is 11.8 Å². The number of benzene rings is 1. The molecule has 158 valence electrons. The maximum absolute atomic E-state index is 9.72. The summed E-state index contributed by atoms with van der Waals surface area (Å²) in [5.74, 6) is 1.48. The lowest BCUT2D eigenvalue weighted by molar-refractivity contribution is 0.315. The molecular formula is C28H26N4. The highest BCUT2D eigenvalue weighted by atomic mass is 14.9. The molecule has 2 heterocycles. The number of pyridine rings is 1. The molecule has 0 N–H and O–H groups in total. The Morgan fingerprint density at radius 1 is 1.03 bits per heavy atom. The number of nitrogens with zero attached hydrogens (tertiary/aromatic N) is 4. The molecule has 0 bridgehead atoms. The maximum atomic E-state index is 9.72. The number of allylic oxidation sites excluding steroid dienone is 3. The van der Waals surface area contributed by atoms with E-state index in [-0.39, 0.29) is 11.8 Å². The van der Waals surface area contributed by atoms with E-state index in [4.69, 9.17) is 9.97 Å². The second kappa shape index (κ2) is 7.84. The number of hydrogen-bond donors (Lipinski definition) is 0. The highest BCUT2D eigenvalue weighted by Crippen LogP contribution is 2.49. The van der Waals surface area contributed by atoms with E-state index >= 15 is 0 Å². The molecule has 0 spiro atoms. The lowest BCUT2D eigenvalue weighted by Crippen LogP contribution is -2.31. The molecule has 32 heavy (non-hydrogen) atoms. The molecule has 4 heteroatoms. The van der Waals surface area contributed by atoms with Crippen LogP contribution in [0.5, 0.6) is 0 Å². The highest BCUT2D eigenvalue weighted by Gasteiger charge is 2.39. The fourth-order valence-electron chi connectivity index (χ4n) is 5.14. The van der Waals surface area contributed by atoms with Gasteiger partial charge in [0, 0.05) is 35.0 Å². The van der Waals surface area contributed by atoms with Crippen LogP contribution in [0.3, 0.4) is 0 Å². The molecule has 0 fully saturated rings. The van der Waals surface area contributed by atoms with Crippen molar-refractivity contribution in [2.45, 2.75) is 39.5 Å². The van der Waals surface area contributed by atoms with Crippen molar-refractivity contribution < 1.29 is 0 Å². The molecule has 0 amide bonds. The maximum Gasteiger partial charge on any atom is 0.160 e. The Balaban J connectivity index is 1.77. The van der Waals surface area contributed by atoms with Crippen LogP contribution in [0.4, 0.5) is 0 Å². The van der Waals surface area contributed by atoms with Gasteiger partial charge in [-0.25, -0.2) is 9.97 Å². The third kappa shape index (κ3) is 3.26. The van der Waals surface area contributed by atoms with Gasteiger partial charge in [-0.05, 0) is 73.4 Å². The topological polar surface area (TPSA) is 62.5 Å². The van der Waals surface area contributed by atoms with Gasteiger partial charge >= 0.3 is 0 Å². The molecule has 4 nitrogen and oxygen atoms in total. The van der Waals surface area contributed by atoms with Gasteiger partial charge in [0.2, 0.25) is 0 Å². The van der Waals surface area contributed by atoms with E-state index in [0.29, 0.717) is 17.3 Å². The number of nitriles is 1. The van der Waals surface area contributed by atoms with Gasteiger partial charge in [-0.2, -0.15) is 5.26 Å². The Kier molecular flexibility index (Phi) is 4.98. The highest BCUT2D eigenvalue weighted by molar-refractivity contribution is 5.70. The number of hydrogen-bond acceptors (Lipinski definition) is 4. The van der Waals surface area contributed by atoms with Crippen LogP contribution in [-0.4, -0.2) is 15.0 Å². The van der Waals surface area contributed by atoms with E-state index in [1.807, 2.05) is 12.1 Å². The third-order valence-corrected chi connectivity index (χ3v) is 7.27. The molecule has 0 saturated heterocycles. The lowest BCUT2D eigenvalue weighted by atomic mass is 9.65. The van der Waals surface area contributed by atoms with Gasteiger partial charge in [0.1, 0.15) is 0 Å². The Labute approximate surface area is 189 Å². The van der Waals surface area contributed by atoms with Gasteiger partial charge in [0.05, 0.1) is 23.0 Å². The molecule has 2 aromatic heterocycles. The summed E-state index contributed by atoms with van der Waals surface area (Å²) < 4.78 is 0. The van der Waals surface area contributed by atoms with Gasteiger partial charge < -0.3 is 0 Å². The zero-order chi connectivity index (χ0) is 22.4. The third-order valence-electron chi connectivity index (χ3n) is 7.27. The van der Waals surface area contributed by atoms with Crippen molar-refractivity contribution in [2.75, 3.05) is 0 Å². The Morgan fingerprint density at radius 2 is 1.81 bits per heavy atom. The minimum Gasteiger partial charge on any atom is -0.265 e. The van der Waals surface area contributed by atoms with Gasteiger partial charge in [0.25, 0.3) is 0 Å². The molecule has 1 aromatic carbocycles. The quantitative estimate of drug-likeness (QED) is 0.503. The van der Waals surface area contributed by atoms with Crippen LogP contribution >= 0.6 is 0 Å². The van der Waals surface area contributed by atoms with Crippen LogP contribution in [0.2, 0.25) is 0 Å². The smallest absolute Gasteiger partial charge is 0.160 e. The van der Waals surface area contributed by atoms with E-state index in [0.717, 1.165) is 40.9 Å².